The second kappa shape index (κ2) is 8.29. The molecule has 0 radical (unpaired) electrons. The number of piperidine rings is 1. The van der Waals surface area contributed by atoms with Crippen molar-refractivity contribution in [3.8, 4) is 10.6 Å². The number of amides is 1. The Morgan fingerprint density at radius 2 is 1.94 bits per heavy atom. The van der Waals surface area contributed by atoms with Crippen molar-refractivity contribution in [1.29, 1.82) is 0 Å². The van der Waals surface area contributed by atoms with Gasteiger partial charge >= 0.3 is 0 Å². The second-order valence-corrected chi connectivity index (χ2v) is 10.5. The zero-order valence-electron chi connectivity index (χ0n) is 17.9. The Labute approximate surface area is 190 Å². The van der Waals surface area contributed by atoms with Crippen LogP contribution in [0.25, 0.3) is 10.6 Å². The van der Waals surface area contributed by atoms with E-state index in [9.17, 15) is 4.79 Å². The number of thiazole rings is 2. The molecule has 2 N–H and O–H groups in total. The maximum atomic E-state index is 12.7. The Balaban J connectivity index is 1.20. The first-order valence-corrected chi connectivity index (χ1v) is 12.3. The fourth-order valence-electron chi connectivity index (χ4n) is 4.71. The molecular formula is C22H26N6OS2. The zero-order chi connectivity index (χ0) is 21.5. The SMILES string of the molecule is Cc1nc(C)c(-c2csc(Nc3ccc(C(=O)NC4C[C@H]5CC[C@@H](C4)N5C)cn3)n2)s1. The van der Waals surface area contributed by atoms with Gasteiger partial charge in [-0.15, -0.1) is 22.7 Å². The molecule has 0 aliphatic carbocycles. The molecule has 3 aromatic heterocycles. The highest BCUT2D eigenvalue weighted by molar-refractivity contribution is 7.16. The molecule has 2 aliphatic rings. The number of hydrogen-bond acceptors (Lipinski definition) is 8. The van der Waals surface area contributed by atoms with Crippen molar-refractivity contribution in [1.82, 2.24) is 25.2 Å². The van der Waals surface area contributed by atoms with E-state index in [2.05, 4.69) is 37.5 Å². The van der Waals surface area contributed by atoms with Crippen molar-refractivity contribution in [3.05, 3.63) is 40.0 Å². The van der Waals surface area contributed by atoms with Crippen LogP contribution in [-0.4, -0.2) is 50.9 Å². The molecule has 162 valence electrons. The second-order valence-electron chi connectivity index (χ2n) is 8.43. The molecule has 0 aromatic carbocycles. The molecule has 3 atom stereocenters. The Morgan fingerprint density at radius 1 is 1.16 bits per heavy atom. The minimum atomic E-state index is -0.0411. The number of hydrogen-bond donors (Lipinski definition) is 2. The third kappa shape index (κ3) is 4.22. The summed E-state index contributed by atoms with van der Waals surface area (Å²) in [6, 6.07) is 5.12. The van der Waals surface area contributed by atoms with Crippen LogP contribution in [0.1, 0.15) is 46.7 Å². The van der Waals surface area contributed by atoms with Crippen molar-refractivity contribution in [3.63, 3.8) is 0 Å². The summed E-state index contributed by atoms with van der Waals surface area (Å²) in [4.78, 5) is 29.8. The summed E-state index contributed by atoms with van der Waals surface area (Å²) in [6.45, 7) is 4.01. The van der Waals surface area contributed by atoms with Crippen molar-refractivity contribution in [2.75, 3.05) is 12.4 Å². The molecule has 2 fully saturated rings. The van der Waals surface area contributed by atoms with Crippen LogP contribution >= 0.6 is 22.7 Å². The fraction of sp³-hybridized carbons (Fsp3) is 0.455. The summed E-state index contributed by atoms with van der Waals surface area (Å²) in [6.07, 6.45) is 6.20. The first-order chi connectivity index (χ1) is 15.0. The van der Waals surface area contributed by atoms with E-state index >= 15 is 0 Å². The lowest BCUT2D eigenvalue weighted by Gasteiger charge is -2.36. The van der Waals surface area contributed by atoms with Crippen LogP contribution in [-0.2, 0) is 0 Å². The van der Waals surface area contributed by atoms with Gasteiger partial charge in [0.25, 0.3) is 5.91 Å². The lowest BCUT2D eigenvalue weighted by Crippen LogP contribution is -2.48. The number of aromatic nitrogens is 3. The molecular weight excluding hydrogens is 428 g/mol. The monoisotopic (exact) mass is 454 g/mol. The van der Waals surface area contributed by atoms with Crippen LogP contribution in [0, 0.1) is 13.8 Å². The fourth-order valence-corrected chi connectivity index (χ4v) is 6.38. The van der Waals surface area contributed by atoms with Gasteiger partial charge in [0.15, 0.2) is 5.13 Å². The van der Waals surface area contributed by atoms with E-state index in [0.717, 1.165) is 39.2 Å². The Kier molecular flexibility index (Phi) is 5.49. The third-order valence-corrected chi connectivity index (χ3v) is 8.19. The van der Waals surface area contributed by atoms with Crippen LogP contribution in [0.3, 0.4) is 0 Å². The first-order valence-electron chi connectivity index (χ1n) is 10.6. The van der Waals surface area contributed by atoms with E-state index in [0.29, 0.717) is 23.5 Å². The predicted molar refractivity (Wildman–Crippen MR) is 125 cm³/mol. The van der Waals surface area contributed by atoms with Crippen LogP contribution in [0.15, 0.2) is 23.7 Å². The summed E-state index contributed by atoms with van der Waals surface area (Å²) in [5.74, 6) is 0.632. The lowest BCUT2D eigenvalue weighted by molar-refractivity contribution is 0.0882. The number of fused-ring (bicyclic) bond motifs is 2. The van der Waals surface area contributed by atoms with Gasteiger partial charge in [0.2, 0.25) is 0 Å². The minimum Gasteiger partial charge on any atom is -0.349 e. The normalized spacial score (nSPS) is 23.1. The van der Waals surface area contributed by atoms with Gasteiger partial charge in [-0.1, -0.05) is 0 Å². The standard InChI is InChI=1S/C22H26N6OS2/c1-12-20(31-13(2)24-12)18-11-30-22(26-18)27-19-7-4-14(10-23-19)21(29)25-15-8-16-5-6-17(9-15)28(16)3/h4,7,10-11,15-17H,5-6,8-9H2,1-3H3,(H,25,29)(H,23,26,27)/t15?,16-,17+. The van der Waals surface area contributed by atoms with Gasteiger partial charge in [0.05, 0.1) is 26.8 Å². The summed E-state index contributed by atoms with van der Waals surface area (Å²) >= 11 is 3.18. The quantitative estimate of drug-likeness (QED) is 0.595. The maximum absolute atomic E-state index is 12.7. The summed E-state index contributed by atoms with van der Waals surface area (Å²) in [5.41, 5.74) is 2.52. The molecule has 2 saturated heterocycles. The summed E-state index contributed by atoms with van der Waals surface area (Å²) in [7, 11) is 2.21. The van der Waals surface area contributed by atoms with Crippen LogP contribution in [0.4, 0.5) is 10.9 Å². The average molecular weight is 455 g/mol. The molecule has 9 heteroatoms. The highest BCUT2D eigenvalue weighted by Gasteiger charge is 2.38. The molecule has 2 aliphatic heterocycles. The number of pyridine rings is 1. The number of nitrogens with zero attached hydrogens (tertiary/aromatic N) is 4. The number of aryl methyl sites for hydroxylation is 2. The molecule has 0 saturated carbocycles. The van der Waals surface area contributed by atoms with Crippen molar-refractivity contribution < 1.29 is 4.79 Å². The number of rotatable bonds is 5. The Hall–Kier alpha value is -2.36. The van der Waals surface area contributed by atoms with Gasteiger partial charge in [0, 0.05) is 29.7 Å². The van der Waals surface area contributed by atoms with E-state index in [4.69, 9.17) is 0 Å². The first kappa shape index (κ1) is 20.5. The summed E-state index contributed by atoms with van der Waals surface area (Å²) in [5, 5.41) is 10.3. The van der Waals surface area contributed by atoms with Gasteiger partial charge in [-0.05, 0) is 58.7 Å². The number of carbonyl (C=O) groups is 1. The van der Waals surface area contributed by atoms with Gasteiger partial charge in [0.1, 0.15) is 5.82 Å². The molecule has 5 rings (SSSR count). The maximum Gasteiger partial charge on any atom is 0.253 e. The minimum absolute atomic E-state index is 0.0411. The van der Waals surface area contributed by atoms with Crippen LogP contribution < -0.4 is 10.6 Å². The lowest BCUT2D eigenvalue weighted by atomic mass is 9.98. The largest absolute Gasteiger partial charge is 0.349 e. The van der Waals surface area contributed by atoms with Gasteiger partial charge in [-0.3, -0.25) is 4.79 Å². The van der Waals surface area contributed by atoms with E-state index in [1.807, 2.05) is 31.4 Å². The number of nitrogens with one attached hydrogen (secondary N) is 2. The molecule has 7 nitrogen and oxygen atoms in total. The smallest absolute Gasteiger partial charge is 0.253 e. The average Bonchev–Trinajstić information content (AvgIpc) is 3.38. The summed E-state index contributed by atoms with van der Waals surface area (Å²) < 4.78 is 0. The molecule has 1 unspecified atom stereocenters. The van der Waals surface area contributed by atoms with Crippen molar-refractivity contribution in [2.24, 2.45) is 0 Å². The van der Waals surface area contributed by atoms with Gasteiger partial charge in [-0.2, -0.15) is 0 Å². The van der Waals surface area contributed by atoms with Gasteiger partial charge in [-0.25, -0.2) is 15.0 Å². The highest BCUT2D eigenvalue weighted by atomic mass is 32.1. The molecule has 0 spiro atoms. The molecule has 2 bridgehead atoms. The third-order valence-electron chi connectivity index (χ3n) is 6.33. The van der Waals surface area contributed by atoms with Crippen molar-refractivity contribution in [2.45, 2.75) is 57.7 Å². The Bertz CT molecular complexity index is 1080. The van der Waals surface area contributed by atoms with Gasteiger partial charge < -0.3 is 15.5 Å². The van der Waals surface area contributed by atoms with E-state index in [1.165, 1.54) is 24.2 Å². The zero-order valence-corrected chi connectivity index (χ0v) is 19.5. The van der Waals surface area contributed by atoms with E-state index in [-0.39, 0.29) is 11.9 Å². The number of anilines is 2. The van der Waals surface area contributed by atoms with E-state index in [1.54, 1.807) is 17.5 Å². The van der Waals surface area contributed by atoms with Crippen LogP contribution in [0.5, 0.6) is 0 Å². The molecule has 5 heterocycles. The number of carbonyl (C=O) groups excluding carboxylic acids is 1. The van der Waals surface area contributed by atoms with Crippen LogP contribution in [0.2, 0.25) is 0 Å². The predicted octanol–water partition coefficient (Wildman–Crippen LogP) is 4.38. The molecule has 1 amide bonds. The van der Waals surface area contributed by atoms with Crippen molar-refractivity contribution >= 4 is 39.5 Å². The molecule has 31 heavy (non-hydrogen) atoms. The highest BCUT2D eigenvalue weighted by Crippen LogP contribution is 2.34. The Morgan fingerprint density at radius 3 is 2.58 bits per heavy atom. The molecule has 3 aromatic rings. The van der Waals surface area contributed by atoms with E-state index < -0.39 is 0 Å². The topological polar surface area (TPSA) is 83.0 Å².